The van der Waals surface area contributed by atoms with Gasteiger partial charge >= 0.3 is 11.9 Å². The zero-order chi connectivity index (χ0) is 16.3. The van der Waals surface area contributed by atoms with Crippen LogP contribution in [-0.4, -0.2) is 33.7 Å². The summed E-state index contributed by atoms with van der Waals surface area (Å²) in [5.41, 5.74) is 8.94. The van der Waals surface area contributed by atoms with Gasteiger partial charge in [0.2, 0.25) is 0 Å². The van der Waals surface area contributed by atoms with Crippen molar-refractivity contribution in [3.63, 3.8) is 0 Å². The fourth-order valence-electron chi connectivity index (χ4n) is 2.32. The van der Waals surface area contributed by atoms with Crippen LogP contribution in [0.1, 0.15) is 17.2 Å². The maximum absolute atomic E-state index is 13.3. The molecular weight excluding hydrogens is 295 g/mol. The van der Waals surface area contributed by atoms with Crippen molar-refractivity contribution < 1.29 is 24.2 Å². The molecule has 9 heteroatoms. The largest absolute Gasteiger partial charge is 0.480 e. The second-order valence-corrected chi connectivity index (χ2v) is 4.52. The Balaban J connectivity index is 2.64. The summed E-state index contributed by atoms with van der Waals surface area (Å²) in [4.78, 5) is 27.7. The lowest BCUT2D eigenvalue weighted by Gasteiger charge is -2.08. The number of rotatable bonds is 6. The van der Waals surface area contributed by atoms with Crippen LogP contribution < -0.4 is 0 Å². The van der Waals surface area contributed by atoms with E-state index in [1.54, 1.807) is 0 Å². The van der Waals surface area contributed by atoms with E-state index in [0.29, 0.717) is 16.5 Å². The van der Waals surface area contributed by atoms with Gasteiger partial charge in [-0.25, -0.2) is 4.39 Å². The normalized spacial score (nSPS) is 10.6. The third-order valence-corrected chi connectivity index (χ3v) is 3.21. The average Bonchev–Trinajstić information content (AvgIpc) is 2.76. The van der Waals surface area contributed by atoms with E-state index in [-0.39, 0.29) is 18.7 Å². The molecule has 0 bridgehead atoms. The number of nitrogens with zero attached hydrogens (tertiary/aromatic N) is 3. The molecule has 2 rings (SSSR count). The molecule has 0 saturated carbocycles. The smallest absolute Gasteiger partial charge is 0.324 e. The minimum absolute atomic E-state index is 0.0276. The van der Waals surface area contributed by atoms with Gasteiger partial charge in [-0.05, 0) is 35.7 Å². The molecular formula is C13H11FN4O4. The predicted octanol–water partition coefficient (Wildman–Crippen LogP) is 2.41. The molecule has 0 aliphatic heterocycles. The monoisotopic (exact) mass is 306 g/mol. The molecule has 0 fully saturated rings. The first-order chi connectivity index (χ1) is 10.5. The number of aromatic nitrogens is 1. The summed E-state index contributed by atoms with van der Waals surface area (Å²) in [6.45, 7) is 0.0276. The summed E-state index contributed by atoms with van der Waals surface area (Å²) in [5.74, 6) is -5.42. The molecule has 0 amide bonds. The van der Waals surface area contributed by atoms with Crippen molar-refractivity contribution in [2.24, 2.45) is 5.11 Å². The second-order valence-electron chi connectivity index (χ2n) is 4.52. The number of halogens is 1. The first kappa shape index (κ1) is 15.3. The molecule has 0 atom stereocenters. The molecule has 1 aromatic heterocycles. The molecule has 2 aromatic rings. The minimum Gasteiger partial charge on any atom is -0.480 e. The fraction of sp³-hybridized carbons (Fsp3) is 0.231. The molecule has 3 N–H and O–H groups in total. The lowest BCUT2D eigenvalue weighted by atomic mass is 9.98. The predicted molar refractivity (Wildman–Crippen MR) is 74.0 cm³/mol. The highest BCUT2D eigenvalue weighted by molar-refractivity contribution is 6.01. The van der Waals surface area contributed by atoms with E-state index in [1.165, 1.54) is 12.1 Å². The Morgan fingerprint density at radius 3 is 2.64 bits per heavy atom. The van der Waals surface area contributed by atoms with Crippen LogP contribution in [-0.2, 0) is 16.0 Å². The molecule has 1 heterocycles. The van der Waals surface area contributed by atoms with Crippen molar-refractivity contribution >= 4 is 22.8 Å². The van der Waals surface area contributed by atoms with Crippen LogP contribution in [0.5, 0.6) is 0 Å². The van der Waals surface area contributed by atoms with Gasteiger partial charge in [-0.2, -0.15) is 0 Å². The average molecular weight is 306 g/mol. The zero-order valence-corrected chi connectivity index (χ0v) is 11.2. The number of azide groups is 1. The molecule has 0 spiro atoms. The van der Waals surface area contributed by atoms with Crippen LogP contribution in [0.2, 0.25) is 0 Å². The van der Waals surface area contributed by atoms with Crippen molar-refractivity contribution in [2.75, 3.05) is 6.54 Å². The van der Waals surface area contributed by atoms with Gasteiger partial charge in [-0.3, -0.25) is 9.59 Å². The summed E-state index contributed by atoms with van der Waals surface area (Å²) in [6, 6.07) is 3.76. The molecule has 0 saturated heterocycles. The molecule has 114 valence electrons. The molecule has 8 nitrogen and oxygen atoms in total. The van der Waals surface area contributed by atoms with Gasteiger partial charge in [0.1, 0.15) is 5.82 Å². The first-order valence-electron chi connectivity index (χ1n) is 6.22. The van der Waals surface area contributed by atoms with E-state index in [2.05, 4.69) is 15.0 Å². The quantitative estimate of drug-likeness (QED) is 0.326. The van der Waals surface area contributed by atoms with Crippen molar-refractivity contribution in [1.82, 2.24) is 4.98 Å². The van der Waals surface area contributed by atoms with Crippen molar-refractivity contribution in [1.29, 1.82) is 0 Å². The van der Waals surface area contributed by atoms with Gasteiger partial charge in [0.25, 0.3) is 0 Å². The molecule has 1 aromatic carbocycles. The molecule has 0 aliphatic carbocycles. The van der Waals surface area contributed by atoms with Crippen LogP contribution in [0.25, 0.3) is 21.3 Å². The Bertz CT molecular complexity index is 781. The van der Waals surface area contributed by atoms with E-state index in [4.69, 9.17) is 15.7 Å². The van der Waals surface area contributed by atoms with Crippen LogP contribution >= 0.6 is 0 Å². The number of hydrogen-bond acceptors (Lipinski definition) is 3. The summed E-state index contributed by atoms with van der Waals surface area (Å²) < 4.78 is 13.3. The third-order valence-electron chi connectivity index (χ3n) is 3.21. The number of hydrogen-bond donors (Lipinski definition) is 3. The minimum atomic E-state index is -1.81. The highest BCUT2D eigenvalue weighted by Crippen LogP contribution is 2.29. The lowest BCUT2D eigenvalue weighted by Crippen LogP contribution is -2.22. The molecule has 0 radical (unpaired) electrons. The van der Waals surface area contributed by atoms with Gasteiger partial charge in [0.15, 0.2) is 5.92 Å². The van der Waals surface area contributed by atoms with Crippen molar-refractivity contribution in [2.45, 2.75) is 12.3 Å². The summed E-state index contributed by atoms with van der Waals surface area (Å²) in [6.07, 6.45) is 0.141. The van der Waals surface area contributed by atoms with Crippen LogP contribution in [0.3, 0.4) is 0 Å². The SMILES string of the molecule is [N-]=[N+]=NCCc1c(C(C(=O)O)C(=O)O)[nH]c2cc(F)ccc12. The van der Waals surface area contributed by atoms with Gasteiger partial charge < -0.3 is 15.2 Å². The van der Waals surface area contributed by atoms with E-state index < -0.39 is 23.7 Å². The van der Waals surface area contributed by atoms with E-state index in [0.717, 1.165) is 6.07 Å². The Hall–Kier alpha value is -3.06. The Morgan fingerprint density at radius 1 is 1.36 bits per heavy atom. The summed E-state index contributed by atoms with van der Waals surface area (Å²) >= 11 is 0. The third kappa shape index (κ3) is 2.84. The lowest BCUT2D eigenvalue weighted by molar-refractivity contribution is -0.150. The number of aliphatic carboxylic acids is 2. The van der Waals surface area contributed by atoms with Gasteiger partial charge in [-0.15, -0.1) is 0 Å². The number of carboxylic acids is 2. The number of carbonyl (C=O) groups is 2. The molecule has 22 heavy (non-hydrogen) atoms. The number of aromatic amines is 1. The number of H-pyrrole nitrogens is 1. The maximum atomic E-state index is 13.3. The van der Waals surface area contributed by atoms with Crippen LogP contribution in [0.4, 0.5) is 4.39 Å². The number of fused-ring (bicyclic) bond motifs is 1. The first-order valence-corrected chi connectivity index (χ1v) is 6.22. The summed E-state index contributed by atoms with van der Waals surface area (Å²) in [7, 11) is 0. The highest BCUT2D eigenvalue weighted by Gasteiger charge is 2.32. The van der Waals surface area contributed by atoms with Gasteiger partial charge in [0.05, 0.1) is 0 Å². The van der Waals surface area contributed by atoms with Crippen molar-refractivity contribution in [3.8, 4) is 0 Å². The van der Waals surface area contributed by atoms with E-state index >= 15 is 0 Å². The van der Waals surface area contributed by atoms with Gasteiger partial charge in [0, 0.05) is 28.1 Å². The zero-order valence-electron chi connectivity index (χ0n) is 11.2. The Labute approximate surface area is 122 Å². The van der Waals surface area contributed by atoms with Crippen molar-refractivity contribution in [3.05, 3.63) is 45.7 Å². The molecule has 0 unspecified atom stereocenters. The fourth-order valence-corrected chi connectivity index (χ4v) is 2.32. The Kier molecular flexibility index (Phi) is 4.28. The standard InChI is InChI=1S/C13H11FN4O4/c14-6-1-2-7-8(3-4-16-18-15)11(17-9(7)5-6)10(12(19)20)13(21)22/h1-2,5,10,17H,3-4H2,(H,19,20)(H,21,22). The number of benzene rings is 1. The number of nitrogens with one attached hydrogen (secondary N) is 1. The number of carboxylic acid groups (broad SMARTS) is 2. The maximum Gasteiger partial charge on any atom is 0.324 e. The van der Waals surface area contributed by atoms with E-state index in [9.17, 15) is 14.0 Å². The highest BCUT2D eigenvalue weighted by atomic mass is 19.1. The molecule has 0 aliphatic rings. The Morgan fingerprint density at radius 2 is 2.05 bits per heavy atom. The van der Waals surface area contributed by atoms with Crippen LogP contribution in [0, 0.1) is 5.82 Å². The summed E-state index contributed by atoms with van der Waals surface area (Å²) in [5, 5.41) is 22.1. The van der Waals surface area contributed by atoms with E-state index in [1.807, 2.05) is 0 Å². The topological polar surface area (TPSA) is 139 Å². The van der Waals surface area contributed by atoms with Crippen LogP contribution in [0.15, 0.2) is 23.3 Å². The van der Waals surface area contributed by atoms with Gasteiger partial charge in [-0.1, -0.05) is 5.11 Å². The second kappa shape index (κ2) is 6.15.